The normalized spacial score (nSPS) is 11.3. The monoisotopic (exact) mass is 417 g/mol. The van der Waals surface area contributed by atoms with Crippen LogP contribution in [0.4, 0.5) is 0 Å². The number of imidazole rings is 1. The van der Waals surface area contributed by atoms with Crippen LogP contribution in [0.1, 0.15) is 16.5 Å². The Morgan fingerprint density at radius 3 is 2.90 bits per heavy atom. The van der Waals surface area contributed by atoms with Gasteiger partial charge in [-0.15, -0.1) is 22.9 Å². The fraction of sp³-hybridized carbons (Fsp3) is 0.286. The van der Waals surface area contributed by atoms with E-state index in [1.165, 1.54) is 3.57 Å². The molecule has 0 saturated heterocycles. The molecule has 3 rings (SSSR count). The summed E-state index contributed by atoms with van der Waals surface area (Å²) in [6.07, 6.45) is 0.917. The zero-order chi connectivity index (χ0) is 14.1. The second-order valence-corrected chi connectivity index (χ2v) is 7.03. The van der Waals surface area contributed by atoms with E-state index < -0.39 is 0 Å². The lowest BCUT2D eigenvalue weighted by atomic mass is 10.3. The quantitative estimate of drug-likeness (QED) is 0.466. The first-order chi connectivity index (χ1) is 9.67. The smallest absolute Gasteiger partial charge is 0.124 e. The van der Waals surface area contributed by atoms with Crippen LogP contribution in [0.2, 0.25) is 0 Å². The third-order valence-electron chi connectivity index (χ3n) is 3.12. The highest BCUT2D eigenvalue weighted by atomic mass is 127. The van der Waals surface area contributed by atoms with Gasteiger partial charge in [-0.3, -0.25) is 0 Å². The Hall–Kier alpha value is -0.660. The highest BCUT2D eigenvalue weighted by Gasteiger charge is 2.11. The Morgan fingerprint density at radius 2 is 2.20 bits per heavy atom. The van der Waals surface area contributed by atoms with E-state index in [4.69, 9.17) is 11.6 Å². The van der Waals surface area contributed by atoms with Crippen molar-refractivity contribution >= 4 is 56.6 Å². The summed E-state index contributed by atoms with van der Waals surface area (Å²) in [6.45, 7) is 2.89. The first-order valence-electron chi connectivity index (χ1n) is 6.29. The average molecular weight is 418 g/mol. The highest BCUT2D eigenvalue weighted by Crippen LogP contribution is 2.21. The van der Waals surface area contributed by atoms with Crippen LogP contribution >= 0.6 is 45.5 Å². The molecule has 0 radical (unpaired) electrons. The van der Waals surface area contributed by atoms with Gasteiger partial charge in [-0.1, -0.05) is 0 Å². The van der Waals surface area contributed by atoms with Crippen molar-refractivity contribution in [3.05, 3.63) is 43.7 Å². The second kappa shape index (κ2) is 5.99. The average Bonchev–Trinajstić information content (AvgIpc) is 2.99. The molecule has 0 saturated carbocycles. The third kappa shape index (κ3) is 2.84. The fourth-order valence-corrected chi connectivity index (χ4v) is 3.67. The van der Waals surface area contributed by atoms with Crippen molar-refractivity contribution in [2.24, 2.45) is 0 Å². The van der Waals surface area contributed by atoms with E-state index >= 15 is 0 Å². The molecule has 0 aliphatic heterocycles. The van der Waals surface area contributed by atoms with Gasteiger partial charge in [0.15, 0.2) is 0 Å². The van der Waals surface area contributed by atoms with Gasteiger partial charge in [0, 0.05) is 27.6 Å². The number of halogens is 2. The maximum absolute atomic E-state index is 6.03. The van der Waals surface area contributed by atoms with Crippen molar-refractivity contribution in [2.45, 2.75) is 25.8 Å². The van der Waals surface area contributed by atoms with Gasteiger partial charge in [0.2, 0.25) is 0 Å². The number of hydrogen-bond donors (Lipinski definition) is 0. The number of hydrogen-bond acceptors (Lipinski definition) is 3. The summed E-state index contributed by atoms with van der Waals surface area (Å²) in [5, 5.41) is 3.25. The zero-order valence-electron chi connectivity index (χ0n) is 10.9. The Morgan fingerprint density at radius 1 is 1.35 bits per heavy atom. The number of fused-ring (bicyclic) bond motifs is 1. The number of thiazole rings is 1. The molecular weight excluding hydrogens is 405 g/mol. The summed E-state index contributed by atoms with van der Waals surface area (Å²) in [7, 11) is 0. The predicted molar refractivity (Wildman–Crippen MR) is 92.6 cm³/mol. The standard InChI is InChI=1S/C14H13ClIN3S/c1-9-8-20-14(17-9)4-5-19-12-3-2-10(16)6-11(12)18-13(19)7-15/h2-3,6,8H,4-5,7H2,1H3. The molecule has 3 aromatic rings. The highest BCUT2D eigenvalue weighted by molar-refractivity contribution is 14.1. The maximum atomic E-state index is 6.03. The maximum Gasteiger partial charge on any atom is 0.124 e. The molecule has 2 heterocycles. The zero-order valence-corrected chi connectivity index (χ0v) is 14.7. The Balaban J connectivity index is 1.93. The van der Waals surface area contributed by atoms with Crippen LogP contribution in [0.25, 0.3) is 11.0 Å². The molecule has 0 aliphatic rings. The van der Waals surface area contributed by atoms with Crippen molar-refractivity contribution < 1.29 is 0 Å². The minimum atomic E-state index is 0.433. The Kier molecular flexibility index (Phi) is 4.28. The van der Waals surface area contributed by atoms with Crippen molar-refractivity contribution in [1.29, 1.82) is 0 Å². The second-order valence-electron chi connectivity index (χ2n) is 4.58. The van der Waals surface area contributed by atoms with Crippen molar-refractivity contribution in [3.63, 3.8) is 0 Å². The van der Waals surface area contributed by atoms with Gasteiger partial charge in [0.25, 0.3) is 0 Å². The van der Waals surface area contributed by atoms with Gasteiger partial charge in [-0.05, 0) is 47.7 Å². The van der Waals surface area contributed by atoms with E-state index in [1.54, 1.807) is 11.3 Å². The van der Waals surface area contributed by atoms with Gasteiger partial charge >= 0.3 is 0 Å². The van der Waals surface area contributed by atoms with Gasteiger partial charge < -0.3 is 4.57 Å². The first-order valence-corrected chi connectivity index (χ1v) is 8.78. The summed E-state index contributed by atoms with van der Waals surface area (Å²) in [5.41, 5.74) is 3.25. The Bertz CT molecular complexity index is 750. The van der Waals surface area contributed by atoms with Crippen LogP contribution in [0.3, 0.4) is 0 Å². The lowest BCUT2D eigenvalue weighted by Crippen LogP contribution is -2.05. The molecule has 0 N–H and O–H groups in total. The summed E-state index contributed by atoms with van der Waals surface area (Å²) in [6, 6.07) is 6.32. The third-order valence-corrected chi connectivity index (χ3v) is 5.06. The molecule has 0 spiro atoms. The largest absolute Gasteiger partial charge is 0.327 e. The molecule has 3 nitrogen and oxygen atoms in total. The molecule has 0 aliphatic carbocycles. The summed E-state index contributed by atoms with van der Waals surface area (Å²) < 4.78 is 3.39. The first kappa shape index (κ1) is 14.3. The number of alkyl halides is 1. The molecule has 2 aromatic heterocycles. The van der Waals surface area contributed by atoms with Crippen LogP contribution in [-0.4, -0.2) is 14.5 Å². The van der Waals surface area contributed by atoms with E-state index in [2.05, 4.69) is 60.7 Å². The molecule has 0 unspecified atom stereocenters. The SMILES string of the molecule is Cc1csc(CCn2c(CCl)nc3cc(I)ccc32)n1. The van der Waals surface area contributed by atoms with Crippen molar-refractivity contribution in [2.75, 3.05) is 0 Å². The number of nitrogens with zero attached hydrogens (tertiary/aromatic N) is 3. The van der Waals surface area contributed by atoms with Crippen molar-refractivity contribution in [1.82, 2.24) is 14.5 Å². The number of aryl methyl sites for hydroxylation is 3. The lowest BCUT2D eigenvalue weighted by molar-refractivity contribution is 0.685. The number of rotatable bonds is 4. The summed E-state index contributed by atoms with van der Waals surface area (Å²) >= 11 is 10.0. The van der Waals surface area contributed by atoms with Crippen LogP contribution in [0.15, 0.2) is 23.6 Å². The predicted octanol–water partition coefficient (Wildman–Crippen LogP) is 4.39. The van der Waals surface area contributed by atoms with Crippen molar-refractivity contribution in [3.8, 4) is 0 Å². The minimum absolute atomic E-state index is 0.433. The Labute approximate surface area is 140 Å². The molecule has 1 aromatic carbocycles. The van der Waals surface area contributed by atoms with Crippen LogP contribution in [0, 0.1) is 10.5 Å². The summed E-state index contributed by atoms with van der Waals surface area (Å²) in [4.78, 5) is 9.13. The molecule has 6 heteroatoms. The number of aromatic nitrogens is 3. The van der Waals surface area contributed by atoms with E-state index in [9.17, 15) is 0 Å². The topological polar surface area (TPSA) is 30.7 Å². The molecule has 0 atom stereocenters. The molecule has 0 fully saturated rings. The van der Waals surface area contributed by atoms with E-state index in [0.717, 1.165) is 40.5 Å². The van der Waals surface area contributed by atoms with E-state index in [1.807, 2.05) is 6.92 Å². The van der Waals surface area contributed by atoms with Crippen LogP contribution in [-0.2, 0) is 18.8 Å². The fourth-order valence-electron chi connectivity index (χ4n) is 2.23. The van der Waals surface area contributed by atoms with Gasteiger partial charge in [0.1, 0.15) is 5.82 Å². The van der Waals surface area contributed by atoms with Gasteiger partial charge in [0.05, 0.1) is 21.9 Å². The van der Waals surface area contributed by atoms with E-state index in [0.29, 0.717) is 5.88 Å². The number of benzene rings is 1. The minimum Gasteiger partial charge on any atom is -0.327 e. The van der Waals surface area contributed by atoms with E-state index in [-0.39, 0.29) is 0 Å². The molecule has 20 heavy (non-hydrogen) atoms. The molecular formula is C14H13ClIN3S. The van der Waals surface area contributed by atoms with Crippen LogP contribution < -0.4 is 0 Å². The van der Waals surface area contributed by atoms with Gasteiger partial charge in [-0.2, -0.15) is 0 Å². The van der Waals surface area contributed by atoms with Gasteiger partial charge in [-0.25, -0.2) is 9.97 Å². The molecule has 0 bridgehead atoms. The molecule has 104 valence electrons. The molecule has 0 amide bonds. The lowest BCUT2D eigenvalue weighted by Gasteiger charge is -2.06. The summed E-state index contributed by atoms with van der Waals surface area (Å²) in [5.74, 6) is 1.36. The van der Waals surface area contributed by atoms with Crippen LogP contribution in [0.5, 0.6) is 0 Å².